The molecule has 1 aliphatic carbocycles. The highest BCUT2D eigenvalue weighted by Crippen LogP contribution is 2.46. The van der Waals surface area contributed by atoms with Gasteiger partial charge in [0.05, 0.1) is 0 Å². The maximum Gasteiger partial charge on any atom is 0.116 e. The van der Waals surface area contributed by atoms with E-state index < -0.39 is 8.80 Å². The van der Waals surface area contributed by atoms with E-state index in [-0.39, 0.29) is 10.7 Å². The standard InChI is InChI=1S/C17H28NSi/c1-12-13(2)17(7,18-16(4,5)6)19(14(12)3)15-10-8-9-11-15/h8-10,14,18H,11H2,1-7H3. The van der Waals surface area contributed by atoms with Crippen LogP contribution < -0.4 is 5.32 Å². The molecular weight excluding hydrogens is 246 g/mol. The second-order valence-electron chi connectivity index (χ2n) is 7.27. The lowest BCUT2D eigenvalue weighted by atomic mass is 9.99. The molecule has 0 saturated heterocycles. The van der Waals surface area contributed by atoms with E-state index in [0.717, 1.165) is 5.54 Å². The Labute approximate surface area is 120 Å². The summed E-state index contributed by atoms with van der Waals surface area (Å²) < 4.78 is 0. The molecule has 1 nitrogen and oxygen atoms in total. The molecule has 105 valence electrons. The molecule has 0 fully saturated rings. The highest BCUT2D eigenvalue weighted by atomic mass is 28.3. The summed E-state index contributed by atoms with van der Waals surface area (Å²) in [6.45, 7) is 16.4. The fourth-order valence-electron chi connectivity index (χ4n) is 3.73. The predicted octanol–water partition coefficient (Wildman–Crippen LogP) is 4.33. The first kappa shape index (κ1) is 14.8. The Morgan fingerprint density at radius 1 is 1.32 bits per heavy atom. The fraction of sp³-hybridized carbons (Fsp3) is 0.647. The third kappa shape index (κ3) is 2.53. The van der Waals surface area contributed by atoms with Gasteiger partial charge >= 0.3 is 0 Å². The summed E-state index contributed by atoms with van der Waals surface area (Å²) in [6.07, 6.45) is 8.08. The molecule has 1 N–H and O–H groups in total. The van der Waals surface area contributed by atoms with E-state index in [1.165, 1.54) is 6.42 Å². The van der Waals surface area contributed by atoms with Gasteiger partial charge in [-0.15, -0.1) is 0 Å². The molecule has 2 aliphatic rings. The van der Waals surface area contributed by atoms with Crippen molar-refractivity contribution < 1.29 is 0 Å². The summed E-state index contributed by atoms with van der Waals surface area (Å²) in [5.74, 6) is 0. The molecule has 0 saturated carbocycles. The van der Waals surface area contributed by atoms with Crippen LogP contribution in [0.5, 0.6) is 0 Å². The van der Waals surface area contributed by atoms with Crippen LogP contribution in [0.4, 0.5) is 0 Å². The number of nitrogens with one attached hydrogen (secondary N) is 1. The van der Waals surface area contributed by atoms with Crippen molar-refractivity contribution in [2.45, 2.75) is 71.1 Å². The van der Waals surface area contributed by atoms with E-state index in [1.54, 1.807) is 16.3 Å². The largest absolute Gasteiger partial charge is 0.306 e. The van der Waals surface area contributed by atoms with Crippen LogP contribution >= 0.6 is 0 Å². The number of rotatable bonds is 2. The summed E-state index contributed by atoms with van der Waals surface area (Å²) >= 11 is 0. The van der Waals surface area contributed by atoms with Gasteiger partial charge in [-0.1, -0.05) is 41.5 Å². The summed E-state index contributed by atoms with van der Waals surface area (Å²) in [5, 5.41) is 5.82. The molecule has 19 heavy (non-hydrogen) atoms. The van der Waals surface area contributed by atoms with Gasteiger partial charge in [0.2, 0.25) is 0 Å². The highest BCUT2D eigenvalue weighted by molar-refractivity contribution is 6.74. The van der Waals surface area contributed by atoms with Gasteiger partial charge in [-0.05, 0) is 53.5 Å². The van der Waals surface area contributed by atoms with Crippen LogP contribution in [0, 0.1) is 0 Å². The van der Waals surface area contributed by atoms with Gasteiger partial charge in [0.15, 0.2) is 0 Å². The maximum atomic E-state index is 3.95. The minimum atomic E-state index is -0.621. The van der Waals surface area contributed by atoms with Crippen LogP contribution in [-0.4, -0.2) is 19.5 Å². The van der Waals surface area contributed by atoms with Gasteiger partial charge in [0.25, 0.3) is 0 Å². The Kier molecular flexibility index (Phi) is 3.70. The minimum Gasteiger partial charge on any atom is -0.306 e. The second-order valence-corrected chi connectivity index (χ2v) is 10.6. The summed E-state index contributed by atoms with van der Waals surface area (Å²) in [4.78, 5) is 0. The van der Waals surface area contributed by atoms with Gasteiger partial charge in [0.1, 0.15) is 8.80 Å². The third-order valence-electron chi connectivity index (χ3n) is 4.70. The van der Waals surface area contributed by atoms with Crippen LogP contribution in [0.15, 0.2) is 34.6 Å². The lowest BCUT2D eigenvalue weighted by Gasteiger charge is -2.42. The molecule has 2 unspecified atom stereocenters. The predicted molar refractivity (Wildman–Crippen MR) is 86.7 cm³/mol. The molecule has 0 aromatic carbocycles. The van der Waals surface area contributed by atoms with Crippen LogP contribution in [0.1, 0.15) is 54.9 Å². The zero-order valence-corrected chi connectivity index (χ0v) is 14.5. The molecule has 0 aromatic heterocycles. The maximum absolute atomic E-state index is 3.95. The van der Waals surface area contributed by atoms with Gasteiger partial charge in [-0.3, -0.25) is 0 Å². The van der Waals surface area contributed by atoms with Gasteiger partial charge < -0.3 is 5.32 Å². The Hall–Kier alpha value is -0.603. The van der Waals surface area contributed by atoms with Crippen molar-refractivity contribution in [3.63, 3.8) is 0 Å². The number of hydrogen-bond acceptors (Lipinski definition) is 1. The highest BCUT2D eigenvalue weighted by Gasteiger charge is 2.50. The quantitative estimate of drug-likeness (QED) is 0.584. The SMILES string of the molecule is CC1=C(C)C(C)(NC(C)(C)C)[Si](C2=CC=CC2)C1C. The molecule has 2 heteroatoms. The van der Waals surface area contributed by atoms with Crippen molar-refractivity contribution in [1.82, 2.24) is 5.32 Å². The fourth-order valence-corrected chi connectivity index (χ4v) is 8.17. The van der Waals surface area contributed by atoms with Crippen molar-refractivity contribution in [2.75, 3.05) is 0 Å². The average Bonchev–Trinajstić information content (AvgIpc) is 2.82. The zero-order valence-electron chi connectivity index (χ0n) is 13.5. The van der Waals surface area contributed by atoms with Crippen LogP contribution in [0.2, 0.25) is 5.54 Å². The molecule has 1 aliphatic heterocycles. The lowest BCUT2D eigenvalue weighted by Crippen LogP contribution is -2.60. The molecule has 2 rings (SSSR count). The Morgan fingerprint density at radius 2 is 1.95 bits per heavy atom. The smallest absolute Gasteiger partial charge is 0.116 e. The van der Waals surface area contributed by atoms with Crippen molar-refractivity contribution >= 4 is 8.80 Å². The van der Waals surface area contributed by atoms with Crippen molar-refractivity contribution in [3.05, 3.63) is 34.6 Å². The first-order valence-corrected chi connectivity index (χ1v) is 8.95. The van der Waals surface area contributed by atoms with E-state index >= 15 is 0 Å². The Balaban J connectivity index is 2.41. The molecule has 1 heterocycles. The molecule has 1 radical (unpaired) electrons. The molecule has 0 spiro atoms. The number of hydrogen-bond donors (Lipinski definition) is 1. The second kappa shape index (κ2) is 4.74. The normalized spacial score (nSPS) is 32.4. The van der Waals surface area contributed by atoms with Crippen LogP contribution in [0.3, 0.4) is 0 Å². The van der Waals surface area contributed by atoms with E-state index in [9.17, 15) is 0 Å². The van der Waals surface area contributed by atoms with Crippen molar-refractivity contribution in [3.8, 4) is 0 Å². The average molecular weight is 275 g/mol. The van der Waals surface area contributed by atoms with E-state index in [2.05, 4.69) is 72.0 Å². The summed E-state index contributed by atoms with van der Waals surface area (Å²) in [5.41, 5.74) is 4.08. The summed E-state index contributed by atoms with van der Waals surface area (Å²) in [7, 11) is -0.621. The van der Waals surface area contributed by atoms with Crippen LogP contribution in [0.25, 0.3) is 0 Å². The van der Waals surface area contributed by atoms with Gasteiger partial charge in [-0.2, -0.15) is 0 Å². The molecule has 0 bridgehead atoms. The topological polar surface area (TPSA) is 12.0 Å². The van der Waals surface area contributed by atoms with E-state index in [1.807, 2.05) is 0 Å². The molecule has 0 amide bonds. The third-order valence-corrected chi connectivity index (χ3v) is 8.64. The van der Waals surface area contributed by atoms with E-state index in [4.69, 9.17) is 0 Å². The monoisotopic (exact) mass is 274 g/mol. The van der Waals surface area contributed by atoms with Gasteiger partial charge in [-0.25, -0.2) is 0 Å². The minimum absolute atomic E-state index is 0.156. The van der Waals surface area contributed by atoms with Crippen molar-refractivity contribution in [1.29, 1.82) is 0 Å². The first-order chi connectivity index (χ1) is 8.67. The molecule has 0 aromatic rings. The Morgan fingerprint density at radius 3 is 2.42 bits per heavy atom. The van der Waals surface area contributed by atoms with E-state index in [0.29, 0.717) is 0 Å². The summed E-state index contributed by atoms with van der Waals surface area (Å²) in [6, 6.07) is 0. The lowest BCUT2D eigenvalue weighted by molar-refractivity contribution is 0.365. The molecule has 2 atom stereocenters. The molecular formula is C17H28NSi. The Bertz CT molecular complexity index is 464. The van der Waals surface area contributed by atoms with Crippen LogP contribution in [-0.2, 0) is 0 Å². The first-order valence-electron chi connectivity index (χ1n) is 7.37. The number of allylic oxidation sites excluding steroid dienone is 5. The zero-order chi connectivity index (χ0) is 14.4. The van der Waals surface area contributed by atoms with Gasteiger partial charge in [0, 0.05) is 10.7 Å². The van der Waals surface area contributed by atoms with Crippen molar-refractivity contribution in [2.24, 2.45) is 0 Å².